The van der Waals surface area contributed by atoms with E-state index in [4.69, 9.17) is 0 Å². The molecule has 0 aliphatic heterocycles. The molecule has 0 aliphatic rings. The Balaban J connectivity index is 6.04. The minimum Gasteiger partial charge on any atom is -0.259 e. The minimum atomic E-state index is -7.85. The van der Waals surface area contributed by atoms with Gasteiger partial charge in [-0.3, -0.25) is 9.53 Å². The molecule has 162 valence electrons. The van der Waals surface area contributed by atoms with Gasteiger partial charge in [-0.2, -0.15) is 65.5 Å². The summed E-state index contributed by atoms with van der Waals surface area (Å²) in [5.74, 6) is -6.92. The number of hydrogen-bond donors (Lipinski definition) is 0. The smallest absolute Gasteiger partial charge is 0.259 e. The fourth-order valence-corrected chi connectivity index (χ4v) is 1.19. The number of alkyl halides is 12. The van der Waals surface area contributed by atoms with E-state index >= 15 is 0 Å². The topological polar surface area (TPSA) is 69.7 Å². The van der Waals surface area contributed by atoms with Crippen molar-refractivity contribution < 1.29 is 83.6 Å². The van der Waals surface area contributed by atoms with Crippen molar-refractivity contribution in [2.45, 2.75) is 35.6 Å². The first-order valence-corrected chi connectivity index (χ1v) is 6.55. The summed E-state index contributed by atoms with van der Waals surface area (Å²) >= 11 is 0. The third kappa shape index (κ3) is 4.52. The largest absolute Gasteiger partial charge is 0.464 e. The summed E-state index contributed by atoms with van der Waals surface area (Å²) in [6.07, 6.45) is -29.6. The Morgan fingerprint density at radius 2 is 1.00 bits per heavy atom. The van der Waals surface area contributed by atoms with Gasteiger partial charge in [0.2, 0.25) is 0 Å². The summed E-state index contributed by atoms with van der Waals surface area (Å²) in [5, 5.41) is -7.31. The van der Waals surface area contributed by atoms with Gasteiger partial charge in [0.25, 0.3) is 0 Å². The first-order valence-electron chi connectivity index (χ1n) is 5.17. The number of carbonyl (C=O) groups is 1. The molecule has 0 radical (unpaired) electrons. The van der Waals surface area contributed by atoms with Crippen molar-refractivity contribution in [2.24, 2.45) is 0 Å². The molecule has 0 amide bonds. The van der Waals surface area contributed by atoms with Crippen molar-refractivity contribution in [1.82, 2.24) is 0 Å². The van der Waals surface area contributed by atoms with Crippen molar-refractivity contribution in [3.8, 4) is 0 Å². The van der Waals surface area contributed by atoms with E-state index in [1.54, 1.807) is 0 Å². The van der Waals surface area contributed by atoms with E-state index in [1.165, 1.54) is 9.47 Å². The Hall–Kier alpha value is -1.44. The molecule has 0 bridgehead atoms. The van der Waals surface area contributed by atoms with Gasteiger partial charge in [0.05, 0.1) is 0 Å². The molecule has 1 atom stereocenters. The lowest BCUT2D eigenvalue weighted by molar-refractivity contribution is -0.521. The lowest BCUT2D eigenvalue weighted by Crippen LogP contribution is -2.60. The Labute approximate surface area is 137 Å². The quantitative estimate of drug-likeness (QED) is 0.409. The van der Waals surface area contributed by atoms with E-state index in [0.717, 1.165) is 0 Å². The molecular formula is C7F14O5S. The van der Waals surface area contributed by atoms with Gasteiger partial charge in [0.15, 0.2) is 0 Å². The highest BCUT2D eigenvalue weighted by Gasteiger charge is 2.78. The van der Waals surface area contributed by atoms with E-state index in [1.807, 2.05) is 0 Å². The summed E-state index contributed by atoms with van der Waals surface area (Å²) in [4.78, 5) is 9.79. The molecule has 0 rings (SSSR count). The highest BCUT2D eigenvalue weighted by atomic mass is 32.3. The number of hydrogen-bond acceptors (Lipinski definition) is 5. The van der Waals surface area contributed by atoms with Crippen LogP contribution in [0.2, 0.25) is 0 Å². The molecular weight excluding hydrogens is 462 g/mol. The van der Waals surface area contributed by atoms with E-state index < -0.39 is 51.9 Å². The van der Waals surface area contributed by atoms with Gasteiger partial charge in [-0.25, -0.2) is 4.74 Å². The fourth-order valence-electron chi connectivity index (χ4n) is 0.867. The van der Waals surface area contributed by atoms with Crippen LogP contribution in [0.3, 0.4) is 0 Å². The van der Waals surface area contributed by atoms with E-state index in [0.29, 0.717) is 0 Å². The molecule has 27 heavy (non-hydrogen) atoms. The van der Waals surface area contributed by atoms with E-state index in [9.17, 15) is 74.2 Å². The molecule has 0 aromatic heterocycles. The van der Waals surface area contributed by atoms with Gasteiger partial charge >= 0.3 is 51.9 Å². The summed E-state index contributed by atoms with van der Waals surface area (Å²) < 4.78 is 197. The van der Waals surface area contributed by atoms with E-state index in [2.05, 4.69) is 0 Å². The predicted molar refractivity (Wildman–Crippen MR) is 48.0 cm³/mol. The van der Waals surface area contributed by atoms with Gasteiger partial charge in [0, 0.05) is 0 Å². The Morgan fingerprint density at radius 3 is 1.26 bits per heavy atom. The van der Waals surface area contributed by atoms with Crippen LogP contribution in [0.1, 0.15) is 0 Å². The molecule has 0 aliphatic carbocycles. The van der Waals surface area contributed by atoms with Crippen LogP contribution in [-0.4, -0.2) is 50.1 Å². The molecule has 5 nitrogen and oxygen atoms in total. The molecule has 0 heterocycles. The molecule has 0 N–H and O–H groups in total. The van der Waals surface area contributed by atoms with Crippen molar-refractivity contribution in [3.63, 3.8) is 0 Å². The Bertz CT molecular complexity index is 682. The monoisotopic (exact) mass is 462 g/mol. The highest BCUT2D eigenvalue weighted by molar-refractivity contribution is 7.87. The van der Waals surface area contributed by atoms with Crippen LogP contribution in [0.15, 0.2) is 0 Å². The third-order valence-electron chi connectivity index (χ3n) is 2.13. The second kappa shape index (κ2) is 6.57. The molecule has 0 spiro atoms. The molecule has 0 fully saturated rings. The molecule has 0 aromatic rings. The Morgan fingerprint density at radius 1 is 0.667 bits per heavy atom. The number of ether oxygens (including phenoxy) is 2. The van der Waals surface area contributed by atoms with Crippen molar-refractivity contribution in [3.05, 3.63) is 0 Å². The molecule has 0 aromatic carbocycles. The second-order valence-electron chi connectivity index (χ2n) is 4.08. The first-order chi connectivity index (χ1) is 11.4. The van der Waals surface area contributed by atoms with E-state index in [-0.39, 0.29) is 0 Å². The summed E-state index contributed by atoms with van der Waals surface area (Å²) in [6, 6.07) is -4.56. The van der Waals surface area contributed by atoms with Crippen LogP contribution in [0.5, 0.6) is 0 Å². The van der Waals surface area contributed by atoms with Crippen molar-refractivity contribution in [2.75, 3.05) is 0 Å². The van der Waals surface area contributed by atoms with Crippen LogP contribution >= 0.6 is 0 Å². The van der Waals surface area contributed by atoms with Crippen LogP contribution < -0.4 is 0 Å². The third-order valence-corrected chi connectivity index (χ3v) is 2.98. The first kappa shape index (κ1) is 25.6. The van der Waals surface area contributed by atoms with Gasteiger partial charge in [0.1, 0.15) is 0 Å². The molecule has 0 saturated heterocycles. The summed E-state index contributed by atoms with van der Waals surface area (Å²) in [7, 11) is -7.85. The zero-order valence-electron chi connectivity index (χ0n) is 11.2. The lowest BCUT2D eigenvalue weighted by atomic mass is 10.3. The second-order valence-corrected chi connectivity index (χ2v) is 5.46. The lowest BCUT2D eigenvalue weighted by Gasteiger charge is -2.33. The Kier molecular flexibility index (Phi) is 6.22. The SMILES string of the molecule is O=C(F)C(F)(OC(F)(F)C(F)(F)OC(F)(F)C(F)(F)S(=O)(=O)F)C(F)(F)F. The van der Waals surface area contributed by atoms with Gasteiger partial charge in [-0.15, -0.1) is 0 Å². The van der Waals surface area contributed by atoms with Crippen LogP contribution in [0.4, 0.5) is 61.0 Å². The molecule has 20 heteroatoms. The average Bonchev–Trinajstić information content (AvgIpc) is 2.33. The average molecular weight is 462 g/mol. The normalized spacial score (nSPS) is 17.6. The number of rotatable bonds is 8. The van der Waals surface area contributed by atoms with Crippen LogP contribution in [0, 0.1) is 0 Å². The minimum absolute atomic E-state index is 1.34. The maximum Gasteiger partial charge on any atom is 0.464 e. The number of halogens is 14. The zero-order valence-corrected chi connectivity index (χ0v) is 12.1. The van der Waals surface area contributed by atoms with Gasteiger partial charge in [-0.1, -0.05) is 3.89 Å². The van der Waals surface area contributed by atoms with Crippen molar-refractivity contribution >= 4 is 16.3 Å². The van der Waals surface area contributed by atoms with Crippen LogP contribution in [0.25, 0.3) is 0 Å². The fraction of sp³-hybridized carbons (Fsp3) is 0.857. The van der Waals surface area contributed by atoms with Gasteiger partial charge < -0.3 is 0 Å². The van der Waals surface area contributed by atoms with Crippen LogP contribution in [-0.2, 0) is 24.5 Å². The molecule has 0 saturated carbocycles. The predicted octanol–water partition coefficient (Wildman–Crippen LogP) is 3.41. The van der Waals surface area contributed by atoms with Gasteiger partial charge in [-0.05, 0) is 0 Å². The maximum atomic E-state index is 12.9. The summed E-state index contributed by atoms with van der Waals surface area (Å²) in [6.45, 7) is 0. The highest BCUT2D eigenvalue weighted by Crippen LogP contribution is 2.50. The number of carbonyl (C=O) groups excluding carboxylic acids is 1. The maximum absolute atomic E-state index is 12.9. The standard InChI is InChI=1S/C7F14O5S/c8-1(22)2(9,3(10,11)12)25-4(13,14)5(15,16)26-6(17,18)7(19,20)27(21,23)24. The zero-order chi connectivity index (χ0) is 22.5. The summed E-state index contributed by atoms with van der Waals surface area (Å²) in [5.41, 5.74) is 0. The van der Waals surface area contributed by atoms with Crippen molar-refractivity contribution in [1.29, 1.82) is 0 Å². The molecule has 1 unspecified atom stereocenters.